The van der Waals surface area contributed by atoms with Crippen LogP contribution in [0.5, 0.6) is 11.5 Å². The monoisotopic (exact) mass is 462 g/mol. The van der Waals surface area contributed by atoms with Crippen LogP contribution in [-0.4, -0.2) is 46.5 Å². The SMILES string of the molecule is CNC(=O)c1c(C)sc2cc(Oc3ccnn4cc(C(=O)N5CCC(C)C5)c(C)c34)ccc12. The fourth-order valence-electron chi connectivity index (χ4n) is 4.61. The van der Waals surface area contributed by atoms with Crippen molar-refractivity contribution in [2.75, 3.05) is 20.1 Å². The largest absolute Gasteiger partial charge is 0.455 e. The molecule has 1 aromatic carbocycles. The van der Waals surface area contributed by atoms with Crippen molar-refractivity contribution < 1.29 is 14.3 Å². The van der Waals surface area contributed by atoms with Crippen molar-refractivity contribution in [2.24, 2.45) is 5.92 Å². The van der Waals surface area contributed by atoms with E-state index < -0.39 is 0 Å². The first-order valence-corrected chi connectivity index (χ1v) is 11.9. The zero-order valence-electron chi connectivity index (χ0n) is 19.1. The highest BCUT2D eigenvalue weighted by atomic mass is 32.1. The Hall–Kier alpha value is -3.39. The zero-order valence-corrected chi connectivity index (χ0v) is 20.0. The van der Waals surface area contributed by atoms with Gasteiger partial charge in [-0.1, -0.05) is 6.92 Å². The molecule has 0 bridgehead atoms. The third-order valence-electron chi connectivity index (χ3n) is 6.35. The summed E-state index contributed by atoms with van der Waals surface area (Å²) in [5.74, 6) is 1.79. The van der Waals surface area contributed by atoms with Crippen molar-refractivity contribution in [1.29, 1.82) is 0 Å². The Morgan fingerprint density at radius 1 is 1.24 bits per heavy atom. The first kappa shape index (κ1) is 21.5. The lowest BCUT2D eigenvalue weighted by Crippen LogP contribution is -2.28. The van der Waals surface area contributed by atoms with Crippen LogP contribution in [0.15, 0.2) is 36.7 Å². The van der Waals surface area contributed by atoms with Crippen LogP contribution < -0.4 is 10.1 Å². The van der Waals surface area contributed by atoms with Gasteiger partial charge in [-0.3, -0.25) is 9.59 Å². The Kier molecular flexibility index (Phi) is 5.32. The molecule has 4 heterocycles. The molecule has 7 nitrogen and oxygen atoms in total. The molecule has 1 saturated heterocycles. The van der Waals surface area contributed by atoms with E-state index in [4.69, 9.17) is 4.74 Å². The van der Waals surface area contributed by atoms with Gasteiger partial charge in [0.1, 0.15) is 11.3 Å². The van der Waals surface area contributed by atoms with Crippen LogP contribution in [0.2, 0.25) is 0 Å². The number of ether oxygens (including phenoxy) is 1. The van der Waals surface area contributed by atoms with E-state index in [0.717, 1.165) is 45.6 Å². The van der Waals surface area contributed by atoms with Crippen LogP contribution in [0.1, 0.15) is 44.5 Å². The molecule has 0 saturated carbocycles. The maximum Gasteiger partial charge on any atom is 0.255 e. The van der Waals surface area contributed by atoms with Gasteiger partial charge < -0.3 is 15.0 Å². The van der Waals surface area contributed by atoms with Gasteiger partial charge in [0.05, 0.1) is 17.3 Å². The molecule has 8 heteroatoms. The summed E-state index contributed by atoms with van der Waals surface area (Å²) in [5, 5.41) is 8.03. The number of carbonyl (C=O) groups excluding carboxylic acids is 2. The number of thiophene rings is 1. The quantitative estimate of drug-likeness (QED) is 0.473. The van der Waals surface area contributed by atoms with Gasteiger partial charge in [0.15, 0.2) is 5.75 Å². The van der Waals surface area contributed by atoms with Crippen molar-refractivity contribution in [2.45, 2.75) is 27.2 Å². The van der Waals surface area contributed by atoms with E-state index >= 15 is 0 Å². The number of rotatable bonds is 4. The van der Waals surface area contributed by atoms with E-state index in [1.165, 1.54) is 0 Å². The molecule has 4 aromatic rings. The topological polar surface area (TPSA) is 75.9 Å². The van der Waals surface area contributed by atoms with Gasteiger partial charge in [-0.2, -0.15) is 5.10 Å². The van der Waals surface area contributed by atoms with Gasteiger partial charge in [-0.15, -0.1) is 11.3 Å². The summed E-state index contributed by atoms with van der Waals surface area (Å²) in [4.78, 5) is 28.3. The van der Waals surface area contributed by atoms with E-state index in [1.807, 2.05) is 43.0 Å². The first-order valence-electron chi connectivity index (χ1n) is 11.1. The smallest absolute Gasteiger partial charge is 0.255 e. The summed E-state index contributed by atoms with van der Waals surface area (Å²) in [6.45, 7) is 7.65. The molecule has 0 aliphatic carbocycles. The maximum atomic E-state index is 13.1. The number of nitrogens with zero attached hydrogens (tertiary/aromatic N) is 3. The zero-order chi connectivity index (χ0) is 23.3. The minimum absolute atomic E-state index is 0.0468. The van der Waals surface area contributed by atoms with Gasteiger partial charge in [-0.25, -0.2) is 4.52 Å². The van der Waals surface area contributed by atoms with E-state index in [1.54, 1.807) is 35.3 Å². The number of carbonyl (C=O) groups is 2. The summed E-state index contributed by atoms with van der Waals surface area (Å²) < 4.78 is 8.98. The second-order valence-electron chi connectivity index (χ2n) is 8.67. The number of fused-ring (bicyclic) bond motifs is 2. The molecule has 1 N–H and O–H groups in total. The summed E-state index contributed by atoms with van der Waals surface area (Å²) in [7, 11) is 1.64. The third-order valence-corrected chi connectivity index (χ3v) is 7.42. The summed E-state index contributed by atoms with van der Waals surface area (Å²) in [5.41, 5.74) is 3.00. The second-order valence-corrected chi connectivity index (χ2v) is 9.93. The molecular formula is C25H26N4O3S. The molecule has 1 aliphatic heterocycles. The highest BCUT2D eigenvalue weighted by Crippen LogP contribution is 2.36. The number of hydrogen-bond acceptors (Lipinski definition) is 5. The number of aromatic nitrogens is 2. The molecule has 170 valence electrons. The molecule has 3 aromatic heterocycles. The Morgan fingerprint density at radius 2 is 2.06 bits per heavy atom. The first-order chi connectivity index (χ1) is 15.9. The van der Waals surface area contributed by atoms with Crippen molar-refractivity contribution in [1.82, 2.24) is 19.8 Å². The Balaban J connectivity index is 1.50. The van der Waals surface area contributed by atoms with E-state index in [-0.39, 0.29) is 11.8 Å². The van der Waals surface area contributed by atoms with Crippen molar-refractivity contribution >= 4 is 38.8 Å². The van der Waals surface area contributed by atoms with E-state index in [9.17, 15) is 9.59 Å². The number of likely N-dealkylation sites (tertiary alicyclic amines) is 1. The van der Waals surface area contributed by atoms with E-state index in [0.29, 0.717) is 28.5 Å². The predicted molar refractivity (Wildman–Crippen MR) is 130 cm³/mol. The lowest BCUT2D eigenvalue weighted by Gasteiger charge is -2.15. The lowest BCUT2D eigenvalue weighted by molar-refractivity contribution is 0.0787. The highest BCUT2D eigenvalue weighted by Gasteiger charge is 2.27. The lowest BCUT2D eigenvalue weighted by atomic mass is 10.1. The van der Waals surface area contributed by atoms with Crippen LogP contribution in [0.3, 0.4) is 0 Å². The van der Waals surface area contributed by atoms with Crippen LogP contribution in [0, 0.1) is 19.8 Å². The predicted octanol–water partition coefficient (Wildman–Crippen LogP) is 4.80. The molecule has 0 radical (unpaired) electrons. The molecule has 33 heavy (non-hydrogen) atoms. The van der Waals surface area contributed by atoms with Gasteiger partial charge in [0.2, 0.25) is 0 Å². The number of benzene rings is 1. The van der Waals surface area contributed by atoms with Crippen LogP contribution in [-0.2, 0) is 0 Å². The van der Waals surface area contributed by atoms with Gasteiger partial charge in [0.25, 0.3) is 11.8 Å². The average molecular weight is 463 g/mol. The summed E-state index contributed by atoms with van der Waals surface area (Å²) >= 11 is 1.57. The number of nitrogens with one attached hydrogen (secondary N) is 1. The van der Waals surface area contributed by atoms with Crippen LogP contribution >= 0.6 is 11.3 Å². The Bertz CT molecular complexity index is 1400. The molecular weight excluding hydrogens is 436 g/mol. The number of aryl methyl sites for hydroxylation is 2. The van der Waals surface area contributed by atoms with Gasteiger partial charge in [-0.05, 0) is 49.9 Å². The number of amides is 2. The van der Waals surface area contributed by atoms with Gasteiger partial charge >= 0.3 is 0 Å². The van der Waals surface area contributed by atoms with Crippen molar-refractivity contribution in [3.05, 3.63) is 58.2 Å². The number of hydrogen-bond donors (Lipinski definition) is 1. The third kappa shape index (κ3) is 3.64. The van der Waals surface area contributed by atoms with Crippen molar-refractivity contribution in [3.8, 4) is 11.5 Å². The summed E-state index contributed by atoms with van der Waals surface area (Å²) in [6.07, 6.45) is 4.51. The van der Waals surface area contributed by atoms with Crippen LogP contribution in [0.25, 0.3) is 15.6 Å². The fourth-order valence-corrected chi connectivity index (χ4v) is 5.70. The molecule has 1 unspecified atom stereocenters. The molecule has 1 aliphatic rings. The van der Waals surface area contributed by atoms with E-state index in [2.05, 4.69) is 17.3 Å². The Labute approximate surface area is 196 Å². The molecule has 1 fully saturated rings. The molecule has 5 rings (SSSR count). The molecule has 2 amide bonds. The summed E-state index contributed by atoms with van der Waals surface area (Å²) in [6, 6.07) is 7.56. The Morgan fingerprint density at radius 3 is 2.79 bits per heavy atom. The normalized spacial score (nSPS) is 16.0. The maximum absolute atomic E-state index is 13.1. The standard InChI is InChI=1S/C25H26N4O3S/c1-14-8-10-28(12-14)25(31)19-13-29-23(15(19)2)20(7-9-27-29)32-17-5-6-18-21(11-17)33-16(3)22(18)24(30)26-4/h5-7,9,11,13-14H,8,10,12H2,1-4H3,(H,26,30). The van der Waals surface area contributed by atoms with Crippen LogP contribution in [0.4, 0.5) is 0 Å². The highest BCUT2D eigenvalue weighted by molar-refractivity contribution is 7.19. The minimum atomic E-state index is -0.0864. The average Bonchev–Trinajstić information content (AvgIpc) is 3.47. The van der Waals surface area contributed by atoms with Crippen molar-refractivity contribution in [3.63, 3.8) is 0 Å². The molecule has 0 spiro atoms. The fraction of sp³-hybridized carbons (Fsp3) is 0.320. The minimum Gasteiger partial charge on any atom is -0.455 e. The molecule has 1 atom stereocenters. The van der Waals surface area contributed by atoms with Gasteiger partial charge in [0, 0.05) is 47.4 Å². The second kappa shape index (κ2) is 8.19.